The molecule has 1 saturated heterocycles. The molecule has 2 rings (SSSR count). The van der Waals surface area contributed by atoms with E-state index in [4.69, 9.17) is 23.5 Å². The second-order valence-corrected chi connectivity index (χ2v) is 8.96. The van der Waals surface area contributed by atoms with Crippen LogP contribution in [-0.2, 0) is 14.1 Å². The van der Waals surface area contributed by atoms with E-state index in [0.29, 0.717) is 23.9 Å². The Hall–Kier alpha value is -1.90. The number of carbonyl (C=O) groups excluding carboxylic acids is 1. The molecule has 0 aromatic heterocycles. The minimum absolute atomic E-state index is 0.0149. The zero-order valence-electron chi connectivity index (χ0n) is 18.8. The first-order chi connectivity index (χ1) is 14.1. The van der Waals surface area contributed by atoms with Crippen LogP contribution in [0, 0.1) is 0 Å². The van der Waals surface area contributed by atoms with E-state index in [9.17, 15) is 4.79 Å². The van der Waals surface area contributed by atoms with E-state index >= 15 is 0 Å². The van der Waals surface area contributed by atoms with Gasteiger partial charge in [-0.15, -0.1) is 0 Å². The van der Waals surface area contributed by atoms with Crippen LogP contribution in [0.3, 0.4) is 0 Å². The molecule has 0 unspecified atom stereocenters. The van der Waals surface area contributed by atoms with E-state index in [1.807, 2.05) is 46.7 Å². The van der Waals surface area contributed by atoms with Gasteiger partial charge < -0.3 is 23.5 Å². The highest BCUT2D eigenvalue weighted by molar-refractivity contribution is 8.14. The molecule has 1 aliphatic rings. The van der Waals surface area contributed by atoms with Crippen LogP contribution in [0.1, 0.15) is 40.2 Å². The van der Waals surface area contributed by atoms with Gasteiger partial charge in [0.25, 0.3) is 0 Å². The van der Waals surface area contributed by atoms with E-state index < -0.39 is 7.12 Å². The minimum atomic E-state index is -0.424. The Kier molecular flexibility index (Phi) is 8.47. The molecular weight excluding hydrogens is 403 g/mol. The fourth-order valence-corrected chi connectivity index (χ4v) is 3.20. The monoisotopic (exact) mass is 434 g/mol. The van der Waals surface area contributed by atoms with Crippen molar-refractivity contribution in [2.45, 2.75) is 45.8 Å². The van der Waals surface area contributed by atoms with Gasteiger partial charge >= 0.3 is 7.12 Å². The van der Waals surface area contributed by atoms with Gasteiger partial charge in [-0.3, -0.25) is 4.79 Å². The summed E-state index contributed by atoms with van der Waals surface area (Å²) in [4.78, 5) is 11.9. The Morgan fingerprint density at radius 1 is 1.07 bits per heavy atom. The molecule has 1 aliphatic heterocycles. The van der Waals surface area contributed by atoms with Crippen LogP contribution in [0.4, 0.5) is 0 Å². The normalized spacial score (nSPS) is 17.6. The lowest BCUT2D eigenvalue weighted by molar-refractivity contribution is -0.106. The summed E-state index contributed by atoms with van der Waals surface area (Å²) < 4.78 is 28.6. The van der Waals surface area contributed by atoms with Gasteiger partial charge in [0.2, 0.25) is 5.12 Å². The average Bonchev–Trinajstić information content (AvgIpc) is 2.90. The van der Waals surface area contributed by atoms with Crippen LogP contribution >= 0.6 is 11.8 Å². The van der Waals surface area contributed by atoms with Crippen molar-refractivity contribution in [3.8, 4) is 17.2 Å². The molecule has 1 aromatic carbocycles. The van der Waals surface area contributed by atoms with Gasteiger partial charge in [0.15, 0.2) is 11.5 Å². The molecule has 6 nitrogen and oxygen atoms in total. The molecule has 0 atom stereocenters. The van der Waals surface area contributed by atoms with Crippen LogP contribution in [0.25, 0.3) is 6.08 Å². The zero-order chi connectivity index (χ0) is 22.4. The number of benzene rings is 1. The van der Waals surface area contributed by atoms with Gasteiger partial charge in [-0.1, -0.05) is 30.7 Å². The van der Waals surface area contributed by atoms with Gasteiger partial charge in [0.05, 0.1) is 25.4 Å². The maximum atomic E-state index is 11.9. The first-order valence-electron chi connectivity index (χ1n) is 9.89. The van der Waals surface area contributed by atoms with Crippen LogP contribution in [-0.4, -0.2) is 50.0 Å². The molecule has 0 saturated carbocycles. The van der Waals surface area contributed by atoms with E-state index in [2.05, 4.69) is 0 Å². The van der Waals surface area contributed by atoms with Crippen LogP contribution in [0.2, 0.25) is 0 Å². The van der Waals surface area contributed by atoms with Crippen LogP contribution in [0.5, 0.6) is 17.2 Å². The molecule has 0 bridgehead atoms. The summed E-state index contributed by atoms with van der Waals surface area (Å²) in [7, 11) is 2.71. The highest BCUT2D eigenvalue weighted by Gasteiger charge is 2.49. The fraction of sp³-hybridized carbons (Fsp3) is 0.500. The Balaban J connectivity index is 2.12. The van der Waals surface area contributed by atoms with Crippen molar-refractivity contribution in [2.75, 3.05) is 26.6 Å². The lowest BCUT2D eigenvalue weighted by atomic mass is 9.90. The van der Waals surface area contributed by atoms with Crippen molar-refractivity contribution in [2.24, 2.45) is 0 Å². The fourth-order valence-electron chi connectivity index (χ4n) is 2.75. The molecule has 8 heteroatoms. The van der Waals surface area contributed by atoms with E-state index in [1.165, 1.54) is 17.8 Å². The molecule has 0 N–H and O–H groups in total. The zero-order valence-corrected chi connectivity index (χ0v) is 19.6. The summed E-state index contributed by atoms with van der Waals surface area (Å²) in [5.74, 6) is 4.26. The van der Waals surface area contributed by atoms with Gasteiger partial charge in [0.1, 0.15) is 12.4 Å². The second-order valence-electron chi connectivity index (χ2n) is 7.69. The Morgan fingerprint density at radius 3 is 2.23 bits per heavy atom. The number of rotatable bonds is 9. The lowest BCUT2D eigenvalue weighted by Gasteiger charge is -2.32. The van der Waals surface area contributed by atoms with Crippen molar-refractivity contribution in [1.82, 2.24) is 0 Å². The third-order valence-electron chi connectivity index (χ3n) is 5.10. The number of ether oxygens (including phenoxy) is 3. The third kappa shape index (κ3) is 6.06. The first-order valence-corrected chi connectivity index (χ1v) is 10.9. The molecule has 0 aliphatic carbocycles. The average molecular weight is 434 g/mol. The standard InChI is InChI=1S/C22H31BO6S/c1-8-30-20(24)11-10-16-14-18(25-6)19(26-7)15-17(16)27-13-9-12-23-28-21(2,3)22(4,5)29-23/h9-12,14-15H,8,13H2,1-7H3/b11-10+,12-9+. The first kappa shape index (κ1) is 24.4. The SMILES string of the molecule is CCSC(=O)/C=C/c1cc(OC)c(OC)cc1OC/C=C/B1OC(C)(C)C(C)(C)O1. The molecule has 164 valence electrons. The van der Waals surface area contributed by atoms with Crippen molar-refractivity contribution < 1.29 is 28.3 Å². The number of hydrogen-bond acceptors (Lipinski definition) is 7. The molecule has 1 heterocycles. The molecule has 0 amide bonds. The van der Waals surface area contributed by atoms with E-state index in [-0.39, 0.29) is 16.3 Å². The van der Waals surface area contributed by atoms with Crippen molar-refractivity contribution in [1.29, 1.82) is 0 Å². The predicted octanol–water partition coefficient (Wildman–Crippen LogP) is 4.56. The van der Waals surface area contributed by atoms with Crippen LogP contribution < -0.4 is 14.2 Å². The maximum absolute atomic E-state index is 11.9. The van der Waals surface area contributed by atoms with E-state index in [0.717, 1.165) is 11.3 Å². The summed E-state index contributed by atoms with van der Waals surface area (Å²) in [6.45, 7) is 10.3. The van der Waals surface area contributed by atoms with Gasteiger partial charge in [-0.05, 0) is 51.7 Å². The Bertz CT molecular complexity index is 787. The number of carbonyl (C=O) groups is 1. The lowest BCUT2D eigenvalue weighted by Crippen LogP contribution is -2.41. The predicted molar refractivity (Wildman–Crippen MR) is 122 cm³/mol. The number of thioether (sulfide) groups is 1. The summed E-state index contributed by atoms with van der Waals surface area (Å²) in [6, 6.07) is 3.53. The van der Waals surface area contributed by atoms with Gasteiger partial charge in [-0.2, -0.15) is 0 Å². The Morgan fingerprint density at radius 2 is 1.67 bits per heavy atom. The van der Waals surface area contributed by atoms with Gasteiger partial charge in [0, 0.05) is 11.6 Å². The smallest absolute Gasteiger partial charge is 0.486 e. The molecule has 0 spiro atoms. The Labute approximate surface area is 184 Å². The molecule has 1 aromatic rings. The highest BCUT2D eigenvalue weighted by Crippen LogP contribution is 2.37. The number of methoxy groups -OCH3 is 2. The van der Waals surface area contributed by atoms with Crippen LogP contribution in [0.15, 0.2) is 30.3 Å². The van der Waals surface area contributed by atoms with E-state index in [1.54, 1.807) is 32.4 Å². The molecular formula is C22H31BO6S. The topological polar surface area (TPSA) is 63.2 Å². The quantitative estimate of drug-likeness (QED) is 0.417. The summed E-state index contributed by atoms with van der Waals surface area (Å²) in [6.07, 6.45) is 5.10. The van der Waals surface area contributed by atoms with Crippen molar-refractivity contribution in [3.05, 3.63) is 35.8 Å². The van der Waals surface area contributed by atoms with Crippen molar-refractivity contribution in [3.63, 3.8) is 0 Å². The summed E-state index contributed by atoms with van der Waals surface area (Å²) in [5.41, 5.74) is -0.0396. The highest BCUT2D eigenvalue weighted by atomic mass is 32.2. The molecule has 1 fully saturated rings. The summed E-state index contributed by atoms with van der Waals surface area (Å²) >= 11 is 1.25. The van der Waals surface area contributed by atoms with Crippen molar-refractivity contribution >= 4 is 30.1 Å². The minimum Gasteiger partial charge on any atom is -0.493 e. The maximum Gasteiger partial charge on any atom is 0.486 e. The largest absolute Gasteiger partial charge is 0.493 e. The number of hydrogen-bond donors (Lipinski definition) is 0. The van der Waals surface area contributed by atoms with Gasteiger partial charge in [-0.25, -0.2) is 0 Å². The third-order valence-corrected chi connectivity index (χ3v) is 5.81. The molecule has 30 heavy (non-hydrogen) atoms. The second kappa shape index (κ2) is 10.4. The molecule has 0 radical (unpaired) electrons. The summed E-state index contributed by atoms with van der Waals surface area (Å²) in [5, 5.41) is -0.0149.